The zero-order chi connectivity index (χ0) is 16.6. The lowest BCUT2D eigenvalue weighted by Crippen LogP contribution is -2.72. The highest BCUT2D eigenvalue weighted by Gasteiger charge is 2.66. The van der Waals surface area contributed by atoms with Crippen LogP contribution in [0.25, 0.3) is 0 Å². The molecule has 3 fully saturated rings. The van der Waals surface area contributed by atoms with Gasteiger partial charge in [-0.2, -0.15) is 0 Å². The van der Waals surface area contributed by atoms with E-state index in [-0.39, 0.29) is 24.0 Å². The molecule has 4 nitrogen and oxygen atoms in total. The van der Waals surface area contributed by atoms with E-state index in [0.29, 0.717) is 23.5 Å². The van der Waals surface area contributed by atoms with Crippen LogP contribution in [0, 0.1) is 18.3 Å². The zero-order valence-electron chi connectivity index (χ0n) is 15.3. The van der Waals surface area contributed by atoms with E-state index in [0.717, 1.165) is 25.7 Å². The Labute approximate surface area is 168 Å². The normalized spacial score (nSPS) is 29.2. The Morgan fingerprint density at radius 1 is 1.28 bits per heavy atom. The molecule has 3 unspecified atom stereocenters. The summed E-state index contributed by atoms with van der Waals surface area (Å²) in [6.45, 7) is 6.80. The Balaban J connectivity index is 0.00000182. The zero-order valence-corrected chi connectivity index (χ0v) is 17.6. The average Bonchev–Trinajstić information content (AvgIpc) is 2.95. The van der Waals surface area contributed by atoms with Crippen LogP contribution in [0.15, 0.2) is 29.3 Å². The van der Waals surface area contributed by atoms with E-state index in [2.05, 4.69) is 48.7 Å². The average molecular weight is 455 g/mol. The molecule has 138 valence electrons. The molecule has 1 aliphatic heterocycles. The van der Waals surface area contributed by atoms with Crippen molar-refractivity contribution < 1.29 is 4.74 Å². The lowest BCUT2D eigenvalue weighted by Gasteiger charge is -2.63. The molecule has 3 aliphatic rings. The number of hydrogen-bond acceptors (Lipinski definition) is 2. The molecular weight excluding hydrogens is 425 g/mol. The van der Waals surface area contributed by atoms with Gasteiger partial charge in [-0.25, -0.2) is 4.99 Å². The summed E-state index contributed by atoms with van der Waals surface area (Å²) in [5.74, 6) is 1.63. The van der Waals surface area contributed by atoms with Gasteiger partial charge in [-0.15, -0.1) is 24.0 Å². The van der Waals surface area contributed by atoms with Crippen molar-refractivity contribution in [1.29, 1.82) is 0 Å². The first-order valence-corrected chi connectivity index (χ1v) is 9.45. The molecule has 0 aromatic heterocycles. The number of guanidine groups is 1. The van der Waals surface area contributed by atoms with Crippen molar-refractivity contribution in [1.82, 2.24) is 10.6 Å². The summed E-state index contributed by atoms with van der Waals surface area (Å²) in [4.78, 5) is 4.83. The highest BCUT2D eigenvalue weighted by molar-refractivity contribution is 14.0. The number of halogens is 1. The molecule has 3 atom stereocenters. The molecule has 2 saturated carbocycles. The monoisotopic (exact) mass is 455 g/mol. The summed E-state index contributed by atoms with van der Waals surface area (Å²) >= 11 is 0. The Kier molecular flexibility index (Phi) is 5.93. The van der Waals surface area contributed by atoms with E-state index >= 15 is 0 Å². The van der Waals surface area contributed by atoms with E-state index in [1.807, 2.05) is 0 Å². The lowest BCUT2D eigenvalue weighted by molar-refractivity contribution is -0.171. The van der Waals surface area contributed by atoms with Crippen LogP contribution in [0.3, 0.4) is 0 Å². The van der Waals surface area contributed by atoms with Crippen molar-refractivity contribution in [2.75, 3.05) is 13.2 Å². The van der Waals surface area contributed by atoms with Crippen LogP contribution in [0.1, 0.15) is 43.7 Å². The van der Waals surface area contributed by atoms with E-state index in [9.17, 15) is 0 Å². The summed E-state index contributed by atoms with van der Waals surface area (Å²) in [6, 6.07) is 9.18. The molecular formula is C20H30IN3O. The predicted octanol–water partition coefficient (Wildman–Crippen LogP) is 3.63. The summed E-state index contributed by atoms with van der Waals surface area (Å²) < 4.78 is 6.02. The van der Waals surface area contributed by atoms with Crippen molar-refractivity contribution in [3.05, 3.63) is 35.4 Å². The molecule has 25 heavy (non-hydrogen) atoms. The first-order valence-electron chi connectivity index (χ1n) is 9.45. The third-order valence-electron chi connectivity index (χ3n) is 6.21. The van der Waals surface area contributed by atoms with Gasteiger partial charge in [-0.3, -0.25) is 0 Å². The molecule has 4 rings (SSSR count). The second-order valence-electron chi connectivity index (χ2n) is 7.63. The molecule has 0 amide bonds. The maximum Gasteiger partial charge on any atom is 0.191 e. The van der Waals surface area contributed by atoms with Crippen LogP contribution < -0.4 is 10.6 Å². The molecule has 1 saturated heterocycles. The van der Waals surface area contributed by atoms with Crippen LogP contribution in [-0.4, -0.2) is 31.3 Å². The Hall–Kier alpha value is -0.820. The van der Waals surface area contributed by atoms with Crippen molar-refractivity contribution in [2.24, 2.45) is 16.3 Å². The standard InChI is InChI=1S/C20H29N3O.HI/c1-3-21-19(22-13-15-7-5-14(2)6-8-15)23-17-16-9-12-24-18(16)20(17)10-4-11-20;/h5-8,16-18H,3-4,9-13H2,1-2H3,(H2,21,22,23);1H. The van der Waals surface area contributed by atoms with E-state index in [4.69, 9.17) is 9.73 Å². The van der Waals surface area contributed by atoms with Crippen molar-refractivity contribution in [2.45, 2.75) is 58.2 Å². The van der Waals surface area contributed by atoms with Gasteiger partial charge >= 0.3 is 0 Å². The fraction of sp³-hybridized carbons (Fsp3) is 0.650. The molecule has 2 aliphatic carbocycles. The Morgan fingerprint density at radius 3 is 2.68 bits per heavy atom. The Morgan fingerprint density at radius 2 is 2.04 bits per heavy atom. The molecule has 1 heterocycles. The maximum absolute atomic E-state index is 6.02. The number of ether oxygens (including phenoxy) is 1. The SMILES string of the molecule is CCNC(=NCc1ccc(C)cc1)NC1C2CCOC2C12CCC2.I. The molecule has 1 aromatic carbocycles. The first kappa shape index (κ1) is 19.0. The minimum atomic E-state index is 0. The third-order valence-corrected chi connectivity index (χ3v) is 6.21. The van der Waals surface area contributed by atoms with Gasteiger partial charge in [0.15, 0.2) is 5.96 Å². The second kappa shape index (κ2) is 7.82. The van der Waals surface area contributed by atoms with Gasteiger partial charge in [0.1, 0.15) is 0 Å². The van der Waals surface area contributed by atoms with Crippen molar-refractivity contribution in [3.63, 3.8) is 0 Å². The fourth-order valence-corrected chi connectivity index (χ4v) is 4.79. The number of hydrogen-bond donors (Lipinski definition) is 2. The van der Waals surface area contributed by atoms with Gasteiger partial charge in [0.05, 0.1) is 12.6 Å². The van der Waals surface area contributed by atoms with E-state index in [1.165, 1.54) is 36.8 Å². The summed E-state index contributed by atoms with van der Waals surface area (Å²) in [7, 11) is 0. The number of aliphatic imine (C=N–C) groups is 1. The Bertz CT molecular complexity index is 612. The van der Waals surface area contributed by atoms with Crippen LogP contribution in [0.4, 0.5) is 0 Å². The van der Waals surface area contributed by atoms with Gasteiger partial charge in [0.2, 0.25) is 0 Å². The summed E-state index contributed by atoms with van der Waals surface area (Å²) in [5, 5.41) is 7.19. The molecule has 5 heteroatoms. The number of rotatable bonds is 4. The van der Waals surface area contributed by atoms with Gasteiger partial charge < -0.3 is 15.4 Å². The first-order chi connectivity index (χ1) is 11.7. The molecule has 0 bridgehead atoms. The largest absolute Gasteiger partial charge is 0.377 e. The van der Waals surface area contributed by atoms with Crippen LogP contribution >= 0.6 is 24.0 Å². The minimum absolute atomic E-state index is 0. The maximum atomic E-state index is 6.02. The summed E-state index contributed by atoms with van der Waals surface area (Å²) in [6.07, 6.45) is 5.67. The molecule has 0 radical (unpaired) electrons. The topological polar surface area (TPSA) is 45.7 Å². The third kappa shape index (κ3) is 3.42. The molecule has 2 N–H and O–H groups in total. The van der Waals surface area contributed by atoms with Crippen LogP contribution in [0.5, 0.6) is 0 Å². The smallest absolute Gasteiger partial charge is 0.191 e. The number of nitrogens with zero attached hydrogens (tertiary/aromatic N) is 1. The van der Waals surface area contributed by atoms with Gasteiger partial charge in [-0.1, -0.05) is 36.2 Å². The van der Waals surface area contributed by atoms with Crippen LogP contribution in [-0.2, 0) is 11.3 Å². The van der Waals surface area contributed by atoms with Crippen molar-refractivity contribution >= 4 is 29.9 Å². The van der Waals surface area contributed by atoms with Gasteiger partial charge in [0, 0.05) is 30.5 Å². The minimum Gasteiger partial charge on any atom is -0.377 e. The fourth-order valence-electron chi connectivity index (χ4n) is 4.79. The van der Waals surface area contributed by atoms with Crippen molar-refractivity contribution in [3.8, 4) is 0 Å². The number of nitrogens with one attached hydrogen (secondary N) is 2. The number of benzene rings is 1. The molecule has 1 spiro atoms. The van der Waals surface area contributed by atoms with Gasteiger partial charge in [-0.05, 0) is 38.7 Å². The lowest BCUT2D eigenvalue weighted by atomic mass is 9.46. The van der Waals surface area contributed by atoms with Gasteiger partial charge in [0.25, 0.3) is 0 Å². The second-order valence-corrected chi connectivity index (χ2v) is 7.63. The molecule has 1 aromatic rings. The predicted molar refractivity (Wildman–Crippen MR) is 112 cm³/mol. The van der Waals surface area contributed by atoms with Crippen LogP contribution in [0.2, 0.25) is 0 Å². The number of fused-ring (bicyclic) bond motifs is 2. The summed E-state index contributed by atoms with van der Waals surface area (Å²) in [5.41, 5.74) is 2.94. The highest BCUT2D eigenvalue weighted by atomic mass is 127. The highest BCUT2D eigenvalue weighted by Crippen LogP contribution is 2.62. The number of aryl methyl sites for hydroxylation is 1. The van der Waals surface area contributed by atoms with E-state index in [1.54, 1.807) is 0 Å². The van der Waals surface area contributed by atoms with E-state index < -0.39 is 0 Å². The quantitative estimate of drug-likeness (QED) is 0.414.